The molecule has 20 heavy (non-hydrogen) atoms. The smallest absolute Gasteiger partial charge is 0.263 e. The molecular weight excluding hydrogens is 258 g/mol. The van der Waals surface area contributed by atoms with Crippen LogP contribution in [-0.2, 0) is 6.54 Å². The highest BCUT2D eigenvalue weighted by molar-refractivity contribution is 5.23. The highest BCUT2D eigenvalue weighted by Gasteiger charge is 2.27. The van der Waals surface area contributed by atoms with Crippen molar-refractivity contribution in [3.05, 3.63) is 35.4 Å². The monoisotopic (exact) mass is 282 g/mol. The maximum absolute atomic E-state index is 12.5. The first-order valence-electron chi connectivity index (χ1n) is 7.39. The van der Waals surface area contributed by atoms with Gasteiger partial charge in [0.15, 0.2) is 0 Å². The SMILES string of the molecule is CN(Cc1ccc(C(F)F)cc1)C1CCCCC1CN. The first-order valence-corrected chi connectivity index (χ1v) is 7.39. The summed E-state index contributed by atoms with van der Waals surface area (Å²) in [6, 6.07) is 7.17. The maximum atomic E-state index is 12.5. The van der Waals surface area contributed by atoms with E-state index >= 15 is 0 Å². The van der Waals surface area contributed by atoms with E-state index in [1.807, 2.05) is 0 Å². The van der Waals surface area contributed by atoms with Gasteiger partial charge in [-0.2, -0.15) is 0 Å². The van der Waals surface area contributed by atoms with E-state index in [-0.39, 0.29) is 5.56 Å². The molecule has 1 aromatic rings. The third-order valence-corrected chi connectivity index (χ3v) is 4.40. The maximum Gasteiger partial charge on any atom is 0.263 e. The lowest BCUT2D eigenvalue weighted by atomic mass is 9.83. The first-order chi connectivity index (χ1) is 9.61. The van der Waals surface area contributed by atoms with Crippen molar-refractivity contribution in [1.82, 2.24) is 4.90 Å². The van der Waals surface area contributed by atoms with E-state index < -0.39 is 6.43 Å². The summed E-state index contributed by atoms with van der Waals surface area (Å²) in [5.74, 6) is 0.564. The van der Waals surface area contributed by atoms with Crippen molar-refractivity contribution in [1.29, 1.82) is 0 Å². The van der Waals surface area contributed by atoms with Gasteiger partial charge in [0.1, 0.15) is 0 Å². The van der Waals surface area contributed by atoms with Gasteiger partial charge in [0.05, 0.1) is 0 Å². The lowest BCUT2D eigenvalue weighted by Crippen LogP contribution is -2.42. The Morgan fingerprint density at radius 3 is 2.45 bits per heavy atom. The van der Waals surface area contributed by atoms with E-state index in [1.165, 1.54) is 37.8 Å². The molecule has 0 amide bonds. The summed E-state index contributed by atoms with van der Waals surface area (Å²) < 4.78 is 25.0. The molecule has 0 aromatic heterocycles. The van der Waals surface area contributed by atoms with Gasteiger partial charge in [-0.25, -0.2) is 8.78 Å². The van der Waals surface area contributed by atoms with Gasteiger partial charge in [-0.1, -0.05) is 37.1 Å². The van der Waals surface area contributed by atoms with Gasteiger partial charge in [-0.3, -0.25) is 4.90 Å². The number of alkyl halides is 2. The van der Waals surface area contributed by atoms with Crippen molar-refractivity contribution in [2.24, 2.45) is 11.7 Å². The standard InChI is InChI=1S/C16H24F2N2/c1-20(15-5-3-2-4-14(15)10-19)11-12-6-8-13(9-7-12)16(17)18/h6-9,14-16H,2-5,10-11,19H2,1H3. The third kappa shape index (κ3) is 3.76. The van der Waals surface area contributed by atoms with Crippen LogP contribution in [-0.4, -0.2) is 24.5 Å². The minimum absolute atomic E-state index is 0.0916. The fourth-order valence-electron chi connectivity index (χ4n) is 3.22. The second kappa shape index (κ2) is 7.14. The molecule has 1 aromatic carbocycles. The van der Waals surface area contributed by atoms with Crippen LogP contribution in [0, 0.1) is 5.92 Å². The van der Waals surface area contributed by atoms with Crippen molar-refractivity contribution in [2.45, 2.75) is 44.7 Å². The second-order valence-corrected chi connectivity index (χ2v) is 5.80. The predicted octanol–water partition coefficient (Wildman–Crippen LogP) is 3.57. The van der Waals surface area contributed by atoms with Crippen molar-refractivity contribution in [3.8, 4) is 0 Å². The lowest BCUT2D eigenvalue weighted by molar-refractivity contribution is 0.127. The highest BCUT2D eigenvalue weighted by Crippen LogP contribution is 2.28. The van der Waals surface area contributed by atoms with Crippen LogP contribution in [0.4, 0.5) is 8.78 Å². The zero-order chi connectivity index (χ0) is 14.5. The number of hydrogen-bond donors (Lipinski definition) is 1. The molecule has 2 rings (SSSR count). The third-order valence-electron chi connectivity index (χ3n) is 4.40. The lowest BCUT2D eigenvalue weighted by Gasteiger charge is -2.37. The van der Waals surface area contributed by atoms with E-state index in [0.29, 0.717) is 12.0 Å². The van der Waals surface area contributed by atoms with Crippen LogP contribution in [0.1, 0.15) is 43.2 Å². The van der Waals surface area contributed by atoms with E-state index in [9.17, 15) is 8.78 Å². The fourth-order valence-corrected chi connectivity index (χ4v) is 3.22. The molecular formula is C16H24F2N2. The minimum Gasteiger partial charge on any atom is -0.330 e. The molecule has 2 atom stereocenters. The fraction of sp³-hybridized carbons (Fsp3) is 0.625. The molecule has 2 nitrogen and oxygen atoms in total. The van der Waals surface area contributed by atoms with Crippen molar-refractivity contribution in [2.75, 3.05) is 13.6 Å². The number of halogens is 2. The summed E-state index contributed by atoms with van der Waals surface area (Å²) in [5.41, 5.74) is 7.04. The molecule has 0 heterocycles. The average molecular weight is 282 g/mol. The average Bonchev–Trinajstić information content (AvgIpc) is 2.47. The van der Waals surface area contributed by atoms with Crippen LogP contribution in [0.15, 0.2) is 24.3 Å². The summed E-state index contributed by atoms with van der Waals surface area (Å²) in [4.78, 5) is 2.33. The normalized spacial score (nSPS) is 23.5. The molecule has 4 heteroatoms. The molecule has 1 saturated carbocycles. The Hall–Kier alpha value is -1.00. The highest BCUT2D eigenvalue weighted by atomic mass is 19.3. The van der Waals surface area contributed by atoms with E-state index in [1.54, 1.807) is 12.1 Å². The predicted molar refractivity (Wildman–Crippen MR) is 77.7 cm³/mol. The van der Waals surface area contributed by atoms with Gasteiger partial charge >= 0.3 is 0 Å². The van der Waals surface area contributed by atoms with Crippen LogP contribution >= 0.6 is 0 Å². The van der Waals surface area contributed by atoms with Gasteiger partial charge in [-0.15, -0.1) is 0 Å². The zero-order valence-corrected chi connectivity index (χ0v) is 12.1. The zero-order valence-electron chi connectivity index (χ0n) is 12.1. The van der Waals surface area contributed by atoms with E-state index in [4.69, 9.17) is 5.73 Å². The van der Waals surface area contributed by atoms with Crippen LogP contribution in [0.3, 0.4) is 0 Å². The molecule has 2 unspecified atom stereocenters. The van der Waals surface area contributed by atoms with Gasteiger partial charge in [0.2, 0.25) is 0 Å². The molecule has 0 aliphatic heterocycles. The molecule has 0 spiro atoms. The molecule has 1 aliphatic carbocycles. The Bertz CT molecular complexity index is 405. The quantitative estimate of drug-likeness (QED) is 0.894. The molecule has 112 valence electrons. The summed E-state index contributed by atoms with van der Waals surface area (Å²) in [7, 11) is 2.11. The molecule has 0 bridgehead atoms. The van der Waals surface area contributed by atoms with Gasteiger partial charge in [0, 0.05) is 18.2 Å². The van der Waals surface area contributed by atoms with Gasteiger partial charge in [-0.05, 0) is 37.9 Å². The number of hydrogen-bond acceptors (Lipinski definition) is 2. The molecule has 0 radical (unpaired) electrons. The number of nitrogens with two attached hydrogens (primary N) is 1. The largest absolute Gasteiger partial charge is 0.330 e. The van der Waals surface area contributed by atoms with Crippen LogP contribution < -0.4 is 5.73 Å². The Morgan fingerprint density at radius 2 is 1.85 bits per heavy atom. The molecule has 1 aliphatic rings. The van der Waals surface area contributed by atoms with Crippen molar-refractivity contribution in [3.63, 3.8) is 0 Å². The van der Waals surface area contributed by atoms with Crippen LogP contribution in [0.2, 0.25) is 0 Å². The first kappa shape index (κ1) is 15.4. The summed E-state index contributed by atoms with van der Waals surface area (Å²) in [6.45, 7) is 1.53. The van der Waals surface area contributed by atoms with Gasteiger partial charge in [0.25, 0.3) is 6.43 Å². The molecule has 2 N–H and O–H groups in total. The summed E-state index contributed by atoms with van der Waals surface area (Å²) >= 11 is 0. The van der Waals surface area contributed by atoms with E-state index in [0.717, 1.165) is 18.7 Å². The topological polar surface area (TPSA) is 29.3 Å². The molecule has 0 saturated heterocycles. The Morgan fingerprint density at radius 1 is 1.20 bits per heavy atom. The van der Waals surface area contributed by atoms with Gasteiger partial charge < -0.3 is 5.73 Å². The Kier molecular flexibility index (Phi) is 5.49. The Balaban J connectivity index is 1.97. The van der Waals surface area contributed by atoms with Crippen molar-refractivity contribution < 1.29 is 8.78 Å². The second-order valence-electron chi connectivity index (χ2n) is 5.80. The molecule has 1 fully saturated rings. The van der Waals surface area contributed by atoms with E-state index in [2.05, 4.69) is 11.9 Å². The number of rotatable bonds is 5. The summed E-state index contributed by atoms with van der Waals surface area (Å²) in [6.07, 6.45) is 2.54. The van der Waals surface area contributed by atoms with Crippen LogP contribution in [0.5, 0.6) is 0 Å². The Labute approximate surface area is 120 Å². The van der Waals surface area contributed by atoms with Crippen LogP contribution in [0.25, 0.3) is 0 Å². The number of benzene rings is 1. The number of nitrogens with zero attached hydrogens (tertiary/aromatic N) is 1. The summed E-state index contributed by atoms with van der Waals surface area (Å²) in [5, 5.41) is 0. The van der Waals surface area contributed by atoms with Crippen molar-refractivity contribution >= 4 is 0 Å². The minimum atomic E-state index is -2.39.